The third-order valence-corrected chi connectivity index (χ3v) is 2.62. The summed E-state index contributed by atoms with van der Waals surface area (Å²) in [5, 5.41) is 6.86. The number of benzene rings is 1. The van der Waals surface area contributed by atoms with Crippen molar-refractivity contribution in [1.82, 2.24) is 15.1 Å². The molecule has 1 heterocycles. The van der Waals surface area contributed by atoms with E-state index in [9.17, 15) is 8.78 Å². The first-order chi connectivity index (χ1) is 9.22. The van der Waals surface area contributed by atoms with Crippen LogP contribution in [-0.2, 0) is 11.3 Å². The van der Waals surface area contributed by atoms with Crippen molar-refractivity contribution in [1.29, 1.82) is 0 Å². The Morgan fingerprint density at radius 2 is 2.05 bits per heavy atom. The average molecular weight is 267 g/mol. The highest BCUT2D eigenvalue weighted by molar-refractivity contribution is 5.37. The van der Waals surface area contributed by atoms with Crippen LogP contribution in [0, 0.1) is 11.6 Å². The van der Waals surface area contributed by atoms with Gasteiger partial charge in [-0.15, -0.1) is 0 Å². The van der Waals surface area contributed by atoms with Crippen LogP contribution in [0.2, 0.25) is 0 Å². The van der Waals surface area contributed by atoms with Gasteiger partial charge < -0.3 is 10.1 Å². The molecule has 0 aliphatic rings. The summed E-state index contributed by atoms with van der Waals surface area (Å²) < 4.78 is 33.8. The van der Waals surface area contributed by atoms with Crippen LogP contribution in [0.15, 0.2) is 30.6 Å². The molecule has 0 atom stereocenters. The molecule has 0 saturated heterocycles. The average Bonchev–Trinajstić information content (AvgIpc) is 2.87. The standard InChI is InChI=1S/C13H15F2N3O/c1-19-6-4-16-9-10-7-11(14)13(12(15)8-10)18-5-2-3-17-18/h2-3,5,7-8,16H,4,6,9H2,1H3. The van der Waals surface area contributed by atoms with E-state index in [0.717, 1.165) is 0 Å². The zero-order valence-corrected chi connectivity index (χ0v) is 10.6. The van der Waals surface area contributed by atoms with Crippen molar-refractivity contribution in [2.45, 2.75) is 6.54 Å². The highest BCUT2D eigenvalue weighted by Gasteiger charge is 2.13. The van der Waals surface area contributed by atoms with Crippen LogP contribution >= 0.6 is 0 Å². The number of rotatable bonds is 6. The Bertz CT molecular complexity index is 506. The molecule has 6 heteroatoms. The second-order valence-corrected chi connectivity index (χ2v) is 4.03. The fourth-order valence-electron chi connectivity index (χ4n) is 1.75. The SMILES string of the molecule is COCCNCc1cc(F)c(-n2cccn2)c(F)c1. The fourth-order valence-corrected chi connectivity index (χ4v) is 1.75. The molecule has 0 saturated carbocycles. The molecule has 1 aromatic heterocycles. The third-order valence-electron chi connectivity index (χ3n) is 2.62. The molecule has 0 bridgehead atoms. The summed E-state index contributed by atoms with van der Waals surface area (Å²) in [6, 6.07) is 4.22. The molecule has 2 rings (SSSR count). The summed E-state index contributed by atoms with van der Waals surface area (Å²) in [6.07, 6.45) is 2.97. The molecule has 102 valence electrons. The van der Waals surface area contributed by atoms with Gasteiger partial charge in [-0.05, 0) is 23.8 Å². The van der Waals surface area contributed by atoms with Crippen LogP contribution in [0.4, 0.5) is 8.78 Å². The maximum Gasteiger partial charge on any atom is 0.152 e. The monoisotopic (exact) mass is 267 g/mol. The van der Waals surface area contributed by atoms with Gasteiger partial charge in [-0.2, -0.15) is 5.10 Å². The van der Waals surface area contributed by atoms with Crippen molar-refractivity contribution in [2.24, 2.45) is 0 Å². The molecule has 0 spiro atoms. The number of hydrogen-bond donors (Lipinski definition) is 1. The topological polar surface area (TPSA) is 39.1 Å². The Morgan fingerprint density at radius 3 is 2.63 bits per heavy atom. The molecule has 0 unspecified atom stereocenters. The van der Waals surface area contributed by atoms with Crippen molar-refractivity contribution in [3.8, 4) is 5.69 Å². The number of nitrogens with one attached hydrogen (secondary N) is 1. The van der Waals surface area contributed by atoms with Crippen molar-refractivity contribution in [2.75, 3.05) is 20.3 Å². The summed E-state index contributed by atoms with van der Waals surface area (Å²) in [4.78, 5) is 0. The molecule has 0 radical (unpaired) electrons. The normalized spacial score (nSPS) is 10.9. The largest absolute Gasteiger partial charge is 0.383 e. The molecule has 0 aliphatic carbocycles. The third kappa shape index (κ3) is 3.36. The fraction of sp³-hybridized carbons (Fsp3) is 0.308. The van der Waals surface area contributed by atoms with Gasteiger partial charge >= 0.3 is 0 Å². The Hall–Kier alpha value is -1.79. The van der Waals surface area contributed by atoms with Crippen molar-refractivity contribution < 1.29 is 13.5 Å². The number of hydrogen-bond acceptors (Lipinski definition) is 3. The van der Waals surface area contributed by atoms with Crippen LogP contribution < -0.4 is 5.32 Å². The lowest BCUT2D eigenvalue weighted by Gasteiger charge is -2.09. The van der Waals surface area contributed by atoms with Gasteiger partial charge in [0.15, 0.2) is 11.6 Å². The van der Waals surface area contributed by atoms with Crippen LogP contribution in [0.5, 0.6) is 0 Å². The lowest BCUT2D eigenvalue weighted by Crippen LogP contribution is -2.19. The van der Waals surface area contributed by atoms with Crippen LogP contribution in [-0.4, -0.2) is 30.0 Å². The van der Waals surface area contributed by atoms with Crippen molar-refractivity contribution >= 4 is 0 Å². The van der Waals surface area contributed by atoms with E-state index in [2.05, 4.69) is 10.4 Å². The predicted molar refractivity (Wildman–Crippen MR) is 67.1 cm³/mol. The molecule has 0 amide bonds. The molecular weight excluding hydrogens is 252 g/mol. The summed E-state index contributed by atoms with van der Waals surface area (Å²) >= 11 is 0. The first-order valence-corrected chi connectivity index (χ1v) is 5.90. The van der Waals surface area contributed by atoms with E-state index in [1.54, 1.807) is 13.2 Å². The summed E-state index contributed by atoms with van der Waals surface area (Å²) in [7, 11) is 1.60. The van der Waals surface area contributed by atoms with E-state index in [0.29, 0.717) is 25.3 Å². The molecule has 2 aromatic rings. The van der Waals surface area contributed by atoms with Gasteiger partial charge in [0.05, 0.1) is 6.61 Å². The van der Waals surface area contributed by atoms with Crippen LogP contribution in [0.3, 0.4) is 0 Å². The Morgan fingerprint density at radius 1 is 1.32 bits per heavy atom. The summed E-state index contributed by atoms with van der Waals surface area (Å²) in [5.74, 6) is -1.26. The van der Waals surface area contributed by atoms with E-state index in [-0.39, 0.29) is 5.69 Å². The van der Waals surface area contributed by atoms with E-state index < -0.39 is 11.6 Å². The lowest BCUT2D eigenvalue weighted by molar-refractivity contribution is 0.199. The molecular formula is C13H15F2N3O. The van der Waals surface area contributed by atoms with Gasteiger partial charge in [0, 0.05) is 32.6 Å². The molecule has 1 aromatic carbocycles. The van der Waals surface area contributed by atoms with Crippen molar-refractivity contribution in [3.63, 3.8) is 0 Å². The molecule has 4 nitrogen and oxygen atoms in total. The zero-order valence-electron chi connectivity index (χ0n) is 10.6. The van der Waals surface area contributed by atoms with Crippen LogP contribution in [0.25, 0.3) is 5.69 Å². The number of aromatic nitrogens is 2. The summed E-state index contributed by atoms with van der Waals surface area (Å²) in [5.41, 5.74) is 0.382. The van der Waals surface area contributed by atoms with E-state index in [4.69, 9.17) is 4.74 Å². The smallest absolute Gasteiger partial charge is 0.152 e. The van der Waals surface area contributed by atoms with Gasteiger partial charge in [0.25, 0.3) is 0 Å². The molecule has 19 heavy (non-hydrogen) atoms. The number of ether oxygens (including phenoxy) is 1. The highest BCUT2D eigenvalue weighted by Crippen LogP contribution is 2.19. The highest BCUT2D eigenvalue weighted by atomic mass is 19.1. The second kappa shape index (κ2) is 6.40. The molecule has 0 aliphatic heterocycles. The van der Waals surface area contributed by atoms with E-state index in [1.807, 2.05) is 0 Å². The number of methoxy groups -OCH3 is 1. The van der Waals surface area contributed by atoms with E-state index in [1.165, 1.54) is 29.2 Å². The van der Waals surface area contributed by atoms with Gasteiger partial charge in [0.1, 0.15) is 5.69 Å². The number of nitrogens with zero attached hydrogens (tertiary/aromatic N) is 2. The van der Waals surface area contributed by atoms with E-state index >= 15 is 0 Å². The number of halogens is 2. The maximum atomic E-state index is 13.9. The Kier molecular flexibility index (Phi) is 4.59. The maximum absolute atomic E-state index is 13.9. The first-order valence-electron chi connectivity index (χ1n) is 5.90. The zero-order chi connectivity index (χ0) is 13.7. The lowest BCUT2D eigenvalue weighted by atomic mass is 10.2. The van der Waals surface area contributed by atoms with Crippen LogP contribution in [0.1, 0.15) is 5.56 Å². The Balaban J connectivity index is 2.13. The minimum absolute atomic E-state index is 0.161. The van der Waals surface area contributed by atoms with Gasteiger partial charge in [-0.3, -0.25) is 0 Å². The van der Waals surface area contributed by atoms with Gasteiger partial charge in [0.2, 0.25) is 0 Å². The Labute approximate surface area is 110 Å². The second-order valence-electron chi connectivity index (χ2n) is 4.03. The minimum atomic E-state index is -0.632. The minimum Gasteiger partial charge on any atom is -0.383 e. The first kappa shape index (κ1) is 13.6. The van der Waals surface area contributed by atoms with Gasteiger partial charge in [-0.25, -0.2) is 13.5 Å². The molecule has 0 fully saturated rings. The van der Waals surface area contributed by atoms with Crippen molar-refractivity contribution in [3.05, 3.63) is 47.8 Å². The predicted octanol–water partition coefficient (Wildman–Crippen LogP) is 1.89. The quantitative estimate of drug-likeness (QED) is 0.812. The summed E-state index contributed by atoms with van der Waals surface area (Å²) in [6.45, 7) is 1.56. The molecule has 1 N–H and O–H groups in total. The van der Waals surface area contributed by atoms with Gasteiger partial charge in [-0.1, -0.05) is 0 Å².